The first-order chi connectivity index (χ1) is 10.5. The Hall–Kier alpha value is -1.85. The molecule has 0 spiro atoms. The molecule has 2 aromatic heterocycles. The third kappa shape index (κ3) is 3.15. The van der Waals surface area contributed by atoms with Crippen molar-refractivity contribution in [3.8, 4) is 5.75 Å². The lowest BCUT2D eigenvalue weighted by molar-refractivity contribution is 0.299. The Morgan fingerprint density at radius 2 is 2.09 bits per heavy atom. The second-order valence-corrected chi connectivity index (χ2v) is 6.17. The van der Waals surface area contributed by atoms with Crippen LogP contribution in [0.1, 0.15) is 11.3 Å². The molecule has 0 aliphatic rings. The van der Waals surface area contributed by atoms with Crippen molar-refractivity contribution in [2.75, 3.05) is 0 Å². The molecule has 0 atom stereocenters. The van der Waals surface area contributed by atoms with Crippen LogP contribution in [0.4, 0.5) is 0 Å². The van der Waals surface area contributed by atoms with Crippen LogP contribution in [-0.2, 0) is 6.61 Å². The minimum absolute atomic E-state index is 0.123. The van der Waals surface area contributed by atoms with Crippen molar-refractivity contribution in [3.63, 3.8) is 0 Å². The van der Waals surface area contributed by atoms with Crippen molar-refractivity contribution >= 4 is 33.2 Å². The highest BCUT2D eigenvalue weighted by molar-refractivity contribution is 9.10. The van der Waals surface area contributed by atoms with Crippen LogP contribution in [0.2, 0.25) is 5.02 Å². The zero-order valence-corrected chi connectivity index (χ0v) is 14.1. The summed E-state index contributed by atoms with van der Waals surface area (Å²) in [5.74, 6) is 0.648. The van der Waals surface area contributed by atoms with E-state index in [1.165, 1.54) is 10.5 Å². The molecule has 0 aliphatic heterocycles. The quantitative estimate of drug-likeness (QED) is 0.691. The van der Waals surface area contributed by atoms with Crippen LogP contribution in [0, 0.1) is 6.92 Å². The maximum absolute atomic E-state index is 12.1. The Labute approximate surface area is 140 Å². The number of aryl methyl sites for hydroxylation is 1. The molecule has 4 nitrogen and oxygen atoms in total. The van der Waals surface area contributed by atoms with E-state index in [4.69, 9.17) is 16.3 Å². The van der Waals surface area contributed by atoms with E-state index in [9.17, 15) is 4.79 Å². The number of hydrogen-bond donors (Lipinski definition) is 0. The lowest BCUT2D eigenvalue weighted by Gasteiger charge is -2.09. The molecule has 0 saturated heterocycles. The first-order valence-electron chi connectivity index (χ1n) is 6.60. The van der Waals surface area contributed by atoms with Gasteiger partial charge in [-0.15, -0.1) is 0 Å². The zero-order valence-electron chi connectivity index (χ0n) is 11.7. The van der Waals surface area contributed by atoms with Crippen molar-refractivity contribution in [2.24, 2.45) is 0 Å². The van der Waals surface area contributed by atoms with E-state index >= 15 is 0 Å². The molecular formula is C16H12BrClN2O2. The van der Waals surface area contributed by atoms with Gasteiger partial charge in [-0.1, -0.05) is 17.7 Å². The number of nitrogens with zero attached hydrogens (tertiary/aromatic N) is 2. The third-order valence-corrected chi connectivity index (χ3v) is 3.98. The lowest BCUT2D eigenvalue weighted by Crippen LogP contribution is -2.16. The Kier molecular flexibility index (Phi) is 4.18. The van der Waals surface area contributed by atoms with E-state index in [0.29, 0.717) is 22.1 Å². The van der Waals surface area contributed by atoms with E-state index < -0.39 is 0 Å². The number of fused-ring (bicyclic) bond motifs is 1. The zero-order chi connectivity index (χ0) is 15.7. The number of benzene rings is 1. The third-order valence-electron chi connectivity index (χ3n) is 3.13. The molecule has 6 heteroatoms. The highest BCUT2D eigenvalue weighted by atomic mass is 79.9. The predicted molar refractivity (Wildman–Crippen MR) is 89.7 cm³/mol. The van der Waals surface area contributed by atoms with Crippen molar-refractivity contribution in [3.05, 3.63) is 73.7 Å². The molecule has 3 rings (SSSR count). The number of rotatable bonds is 3. The highest BCUT2D eigenvalue weighted by Gasteiger charge is 2.06. The number of aromatic nitrogens is 2. The Morgan fingerprint density at radius 1 is 1.27 bits per heavy atom. The standard InChI is InChI=1S/C16H12BrClN2O2/c1-10-2-5-15-19-12(7-16(21)20(15)8-10)9-22-14-4-3-11(18)6-13(14)17/h2-8H,9H2,1H3. The molecule has 22 heavy (non-hydrogen) atoms. The molecule has 2 heterocycles. The molecule has 0 aliphatic carbocycles. The van der Waals surface area contributed by atoms with Gasteiger partial charge in [0.15, 0.2) is 0 Å². The summed E-state index contributed by atoms with van der Waals surface area (Å²) in [5.41, 5.74) is 2.07. The fourth-order valence-corrected chi connectivity index (χ4v) is 2.87. The minimum Gasteiger partial charge on any atom is -0.486 e. The molecule has 0 fully saturated rings. The minimum atomic E-state index is -0.123. The van der Waals surface area contributed by atoms with Crippen LogP contribution in [0.3, 0.4) is 0 Å². The van der Waals surface area contributed by atoms with Crippen molar-refractivity contribution < 1.29 is 4.74 Å². The topological polar surface area (TPSA) is 43.6 Å². The fourth-order valence-electron chi connectivity index (χ4n) is 2.08. The van der Waals surface area contributed by atoms with Gasteiger partial charge in [-0.05, 0) is 52.7 Å². The molecule has 0 radical (unpaired) electrons. The van der Waals surface area contributed by atoms with E-state index in [-0.39, 0.29) is 12.2 Å². The Bertz CT molecular complexity index is 908. The second-order valence-electron chi connectivity index (χ2n) is 4.88. The van der Waals surface area contributed by atoms with Crippen molar-refractivity contribution in [1.82, 2.24) is 9.38 Å². The average Bonchev–Trinajstić information content (AvgIpc) is 2.47. The fraction of sp³-hybridized carbons (Fsp3) is 0.125. The van der Waals surface area contributed by atoms with E-state index in [2.05, 4.69) is 20.9 Å². The van der Waals surface area contributed by atoms with Gasteiger partial charge in [0.05, 0.1) is 10.2 Å². The smallest absolute Gasteiger partial charge is 0.258 e. The number of pyridine rings is 1. The molecule has 0 saturated carbocycles. The molecule has 1 aromatic carbocycles. The monoisotopic (exact) mass is 378 g/mol. The highest BCUT2D eigenvalue weighted by Crippen LogP contribution is 2.28. The van der Waals surface area contributed by atoms with E-state index in [1.807, 2.05) is 19.1 Å². The van der Waals surface area contributed by atoms with Crippen LogP contribution < -0.4 is 10.3 Å². The summed E-state index contributed by atoms with van der Waals surface area (Å²) in [6.45, 7) is 2.14. The SMILES string of the molecule is Cc1ccc2nc(COc3ccc(Cl)cc3Br)cc(=O)n2c1. The lowest BCUT2D eigenvalue weighted by atomic mass is 10.3. The predicted octanol–water partition coefficient (Wildman–Crippen LogP) is 4.00. The van der Waals surface area contributed by atoms with Crippen molar-refractivity contribution in [1.29, 1.82) is 0 Å². The molecular weight excluding hydrogens is 368 g/mol. The maximum Gasteiger partial charge on any atom is 0.258 e. The first kappa shape index (κ1) is 15.1. The number of ether oxygens (including phenoxy) is 1. The molecule has 3 aromatic rings. The normalized spacial score (nSPS) is 10.9. The summed E-state index contributed by atoms with van der Waals surface area (Å²) in [4.78, 5) is 16.6. The van der Waals surface area contributed by atoms with Gasteiger partial charge in [0.25, 0.3) is 5.56 Å². The van der Waals surface area contributed by atoms with Crippen molar-refractivity contribution in [2.45, 2.75) is 13.5 Å². The van der Waals surface area contributed by atoms with Gasteiger partial charge in [0.2, 0.25) is 0 Å². The second kappa shape index (κ2) is 6.10. The van der Waals surface area contributed by atoms with Crippen LogP contribution in [0.25, 0.3) is 5.65 Å². The van der Waals surface area contributed by atoms with Crippen LogP contribution in [0.15, 0.2) is 51.9 Å². The maximum atomic E-state index is 12.1. The summed E-state index contributed by atoms with van der Waals surface area (Å²) in [7, 11) is 0. The van der Waals surface area contributed by atoms with Gasteiger partial charge in [0.1, 0.15) is 18.0 Å². The van der Waals surface area contributed by atoms with Crippen LogP contribution in [0.5, 0.6) is 5.75 Å². The average molecular weight is 380 g/mol. The van der Waals surface area contributed by atoms with E-state index in [0.717, 1.165) is 10.0 Å². The largest absolute Gasteiger partial charge is 0.486 e. The Balaban J connectivity index is 1.88. The summed E-state index contributed by atoms with van der Waals surface area (Å²) in [6.07, 6.45) is 1.77. The number of hydrogen-bond acceptors (Lipinski definition) is 3. The summed E-state index contributed by atoms with van der Waals surface area (Å²) < 4.78 is 7.97. The number of halogens is 2. The molecule has 0 unspecified atom stereocenters. The van der Waals surface area contributed by atoms with E-state index in [1.54, 1.807) is 24.4 Å². The van der Waals surface area contributed by atoms with Crippen LogP contribution in [-0.4, -0.2) is 9.38 Å². The van der Waals surface area contributed by atoms with Gasteiger partial charge in [-0.3, -0.25) is 9.20 Å². The summed E-state index contributed by atoms with van der Waals surface area (Å²) in [6, 6.07) is 10.5. The molecule has 0 bridgehead atoms. The summed E-state index contributed by atoms with van der Waals surface area (Å²) in [5, 5.41) is 0.622. The molecule has 0 amide bonds. The van der Waals surface area contributed by atoms with Gasteiger partial charge in [-0.25, -0.2) is 4.98 Å². The van der Waals surface area contributed by atoms with Crippen LogP contribution >= 0.6 is 27.5 Å². The summed E-state index contributed by atoms with van der Waals surface area (Å²) >= 11 is 9.28. The first-order valence-corrected chi connectivity index (χ1v) is 7.77. The Morgan fingerprint density at radius 3 is 2.86 bits per heavy atom. The van der Waals surface area contributed by atoms with Gasteiger partial charge < -0.3 is 4.74 Å². The van der Waals surface area contributed by atoms with Gasteiger partial charge in [0, 0.05) is 17.3 Å². The molecule has 112 valence electrons. The van der Waals surface area contributed by atoms with Gasteiger partial charge >= 0.3 is 0 Å². The van der Waals surface area contributed by atoms with Gasteiger partial charge in [-0.2, -0.15) is 0 Å². The molecule has 0 N–H and O–H groups in total.